The Morgan fingerprint density at radius 3 is 2.13 bits per heavy atom. The highest BCUT2D eigenvalue weighted by Crippen LogP contribution is 2.15. The van der Waals surface area contributed by atoms with E-state index in [9.17, 15) is 10.1 Å². The van der Waals surface area contributed by atoms with Crippen molar-refractivity contribution >= 4 is 5.69 Å². The molecule has 1 aromatic rings. The molecule has 0 fully saturated rings. The number of rotatable bonds is 5. The van der Waals surface area contributed by atoms with Crippen LogP contribution in [0.3, 0.4) is 0 Å². The van der Waals surface area contributed by atoms with E-state index in [-0.39, 0.29) is 11.5 Å². The molecule has 0 saturated carbocycles. The number of hydrogen-bond acceptors (Lipinski definition) is 3. The van der Waals surface area contributed by atoms with E-state index in [4.69, 9.17) is 0 Å². The van der Waals surface area contributed by atoms with Crippen LogP contribution in [-0.4, -0.2) is 18.0 Å². The molecule has 0 heterocycles. The molecule has 4 nitrogen and oxygen atoms in total. The van der Waals surface area contributed by atoms with E-state index >= 15 is 0 Å². The lowest BCUT2D eigenvalue weighted by Gasteiger charge is -2.20. The Hall–Kier alpha value is -1.58. The Bertz CT molecular complexity index is 318. The number of nitro groups is 1. The summed E-state index contributed by atoms with van der Waals surface area (Å²) in [5, 5.41) is 10.3. The van der Waals surface area contributed by atoms with Gasteiger partial charge in [-0.05, 0) is 26.0 Å². The summed E-state index contributed by atoms with van der Waals surface area (Å²) < 4.78 is 0. The molecular weight excluding hydrogens is 192 g/mol. The second kappa shape index (κ2) is 5.34. The molecule has 0 bridgehead atoms. The lowest BCUT2D eigenvalue weighted by Crippen LogP contribution is -2.21. The van der Waals surface area contributed by atoms with Crippen LogP contribution in [0.15, 0.2) is 24.3 Å². The summed E-state index contributed by atoms with van der Waals surface area (Å²) in [6.07, 6.45) is 0. The largest absolute Gasteiger partial charge is 0.372 e. The van der Waals surface area contributed by atoms with Gasteiger partial charge in [-0.1, -0.05) is 12.1 Å². The fraction of sp³-hybridized carbons (Fsp3) is 0.455. The van der Waals surface area contributed by atoms with E-state index in [1.807, 2.05) is 24.3 Å². The van der Waals surface area contributed by atoms with E-state index in [1.165, 1.54) is 0 Å². The van der Waals surface area contributed by atoms with Crippen LogP contribution in [-0.2, 0) is 6.54 Å². The summed E-state index contributed by atoms with van der Waals surface area (Å²) in [6, 6.07) is 7.50. The molecule has 0 aromatic heterocycles. The molecule has 0 radical (unpaired) electrons. The van der Waals surface area contributed by atoms with Crippen molar-refractivity contribution in [3.05, 3.63) is 39.9 Å². The van der Waals surface area contributed by atoms with Crippen molar-refractivity contribution in [2.24, 2.45) is 0 Å². The van der Waals surface area contributed by atoms with Gasteiger partial charge in [-0.15, -0.1) is 0 Å². The van der Waals surface area contributed by atoms with Crippen LogP contribution in [0, 0.1) is 10.1 Å². The van der Waals surface area contributed by atoms with E-state index in [0.29, 0.717) is 0 Å². The monoisotopic (exact) mass is 208 g/mol. The molecule has 0 spiro atoms. The molecule has 4 heteroatoms. The molecule has 1 rings (SSSR count). The first-order chi connectivity index (χ1) is 7.17. The van der Waals surface area contributed by atoms with Crippen LogP contribution in [0.2, 0.25) is 0 Å². The van der Waals surface area contributed by atoms with E-state index in [1.54, 1.807) is 0 Å². The third-order valence-electron chi connectivity index (χ3n) is 2.38. The highest BCUT2D eigenvalue weighted by Gasteiger charge is 2.04. The fourth-order valence-corrected chi connectivity index (χ4v) is 1.55. The summed E-state index contributed by atoms with van der Waals surface area (Å²) in [5.41, 5.74) is 1.86. The smallest absolute Gasteiger partial charge is 0.228 e. The number of nitrogens with zero attached hydrogens (tertiary/aromatic N) is 2. The molecule has 15 heavy (non-hydrogen) atoms. The maximum Gasteiger partial charge on any atom is 0.228 e. The van der Waals surface area contributed by atoms with Crippen LogP contribution in [0.5, 0.6) is 0 Å². The van der Waals surface area contributed by atoms with Crippen LogP contribution >= 0.6 is 0 Å². The molecule has 0 aliphatic carbocycles. The first kappa shape index (κ1) is 11.5. The Kier molecular flexibility index (Phi) is 4.09. The quantitative estimate of drug-likeness (QED) is 0.551. The molecule has 0 N–H and O–H groups in total. The zero-order chi connectivity index (χ0) is 11.3. The molecular formula is C11H16N2O2. The molecule has 0 atom stereocenters. The van der Waals surface area contributed by atoms with Crippen LogP contribution in [0.4, 0.5) is 5.69 Å². The lowest BCUT2D eigenvalue weighted by atomic mass is 10.2. The zero-order valence-electron chi connectivity index (χ0n) is 9.14. The van der Waals surface area contributed by atoms with Gasteiger partial charge in [-0.2, -0.15) is 0 Å². The first-order valence-corrected chi connectivity index (χ1v) is 5.13. The summed E-state index contributed by atoms with van der Waals surface area (Å²) in [6.45, 7) is 5.98. The zero-order valence-corrected chi connectivity index (χ0v) is 9.14. The number of hydrogen-bond donors (Lipinski definition) is 0. The molecule has 82 valence electrons. The Morgan fingerprint density at radius 1 is 1.20 bits per heavy atom. The summed E-state index contributed by atoms with van der Waals surface area (Å²) >= 11 is 0. The van der Waals surface area contributed by atoms with E-state index in [0.717, 1.165) is 24.3 Å². The second-order valence-corrected chi connectivity index (χ2v) is 3.33. The maximum atomic E-state index is 10.3. The van der Waals surface area contributed by atoms with Gasteiger partial charge < -0.3 is 4.90 Å². The third-order valence-corrected chi connectivity index (χ3v) is 2.38. The van der Waals surface area contributed by atoms with Crippen molar-refractivity contribution < 1.29 is 4.92 Å². The third kappa shape index (κ3) is 3.23. The van der Waals surface area contributed by atoms with Gasteiger partial charge in [0.2, 0.25) is 6.54 Å². The minimum absolute atomic E-state index is 0.0987. The summed E-state index contributed by atoms with van der Waals surface area (Å²) in [7, 11) is 0. The van der Waals surface area contributed by atoms with Gasteiger partial charge in [0.05, 0.1) is 0 Å². The van der Waals surface area contributed by atoms with E-state index in [2.05, 4.69) is 18.7 Å². The predicted octanol–water partition coefficient (Wildman–Crippen LogP) is 2.31. The SMILES string of the molecule is CCN(CC)c1ccc(C[N+](=O)[O-])cc1. The van der Waals surface area contributed by atoms with Gasteiger partial charge >= 0.3 is 0 Å². The summed E-state index contributed by atoms with van der Waals surface area (Å²) in [4.78, 5) is 12.2. The first-order valence-electron chi connectivity index (χ1n) is 5.13. The van der Waals surface area contributed by atoms with Gasteiger partial charge in [0.1, 0.15) is 0 Å². The van der Waals surface area contributed by atoms with Crippen molar-refractivity contribution in [1.29, 1.82) is 0 Å². The van der Waals surface area contributed by atoms with Gasteiger partial charge in [-0.3, -0.25) is 10.1 Å². The summed E-state index contributed by atoms with van der Waals surface area (Å²) in [5.74, 6) is 0. The predicted molar refractivity (Wildman–Crippen MR) is 60.7 cm³/mol. The van der Waals surface area contributed by atoms with Gasteiger partial charge in [-0.25, -0.2) is 0 Å². The molecule has 0 amide bonds. The van der Waals surface area contributed by atoms with Crippen LogP contribution in [0.25, 0.3) is 0 Å². The van der Waals surface area contributed by atoms with Gasteiger partial charge in [0.15, 0.2) is 0 Å². The fourth-order valence-electron chi connectivity index (χ4n) is 1.55. The Labute approximate surface area is 89.7 Å². The molecule has 0 aliphatic heterocycles. The minimum atomic E-state index is -0.313. The second-order valence-electron chi connectivity index (χ2n) is 3.33. The highest BCUT2D eigenvalue weighted by atomic mass is 16.6. The van der Waals surface area contributed by atoms with Crippen molar-refractivity contribution in [1.82, 2.24) is 0 Å². The van der Waals surface area contributed by atoms with Crippen LogP contribution in [0.1, 0.15) is 19.4 Å². The average Bonchev–Trinajstić information content (AvgIpc) is 2.21. The van der Waals surface area contributed by atoms with Gasteiger partial charge in [0, 0.05) is 29.3 Å². The topological polar surface area (TPSA) is 46.4 Å². The van der Waals surface area contributed by atoms with E-state index < -0.39 is 0 Å². The van der Waals surface area contributed by atoms with Crippen molar-refractivity contribution in [2.75, 3.05) is 18.0 Å². The lowest BCUT2D eigenvalue weighted by molar-refractivity contribution is -0.496. The standard InChI is InChI=1S/C11H16N2O2/c1-3-12(4-2)11-7-5-10(6-8-11)9-13(14)15/h5-8H,3-4,9H2,1-2H3. The van der Waals surface area contributed by atoms with Crippen molar-refractivity contribution in [2.45, 2.75) is 20.4 Å². The number of anilines is 1. The Balaban J connectivity index is 2.75. The van der Waals surface area contributed by atoms with Crippen molar-refractivity contribution in [3.63, 3.8) is 0 Å². The average molecular weight is 208 g/mol. The Morgan fingerprint density at radius 2 is 1.73 bits per heavy atom. The molecule has 0 unspecified atom stereocenters. The normalized spacial score (nSPS) is 10.0. The minimum Gasteiger partial charge on any atom is -0.372 e. The molecule has 0 saturated heterocycles. The van der Waals surface area contributed by atoms with Gasteiger partial charge in [0.25, 0.3) is 0 Å². The maximum absolute atomic E-state index is 10.3. The molecule has 1 aromatic carbocycles. The molecule has 0 aliphatic rings. The highest BCUT2D eigenvalue weighted by molar-refractivity contribution is 5.47. The van der Waals surface area contributed by atoms with Crippen molar-refractivity contribution in [3.8, 4) is 0 Å². The van der Waals surface area contributed by atoms with Crippen LogP contribution < -0.4 is 4.90 Å². The number of benzene rings is 1.